The van der Waals surface area contributed by atoms with Crippen LogP contribution in [0.4, 0.5) is 0 Å². The van der Waals surface area contributed by atoms with Gasteiger partial charge in [0.15, 0.2) is 0 Å². The fourth-order valence-electron chi connectivity index (χ4n) is 1.34. The molecule has 116 valence electrons. The summed E-state index contributed by atoms with van der Waals surface area (Å²) in [5.74, 6) is 1.07. The van der Waals surface area contributed by atoms with Crippen molar-refractivity contribution in [1.29, 1.82) is 0 Å². The van der Waals surface area contributed by atoms with Crippen LogP contribution in [0.5, 0.6) is 0 Å². The number of carbonyl (C=O) groups is 1. The number of rotatable bonds is 6. The standard InChI is InChI=1S/C13H25NO.2C2H6/c1-6-11(2)9-7-8-10-12(3)13(15)14(4)5;2*1-2/h7-8,11-12H,6,9-10H2,1-5H3;2*1-2H3/b8-7+;;. The second-order valence-electron chi connectivity index (χ2n) is 4.59. The zero-order valence-corrected chi connectivity index (χ0v) is 14.8. The van der Waals surface area contributed by atoms with Crippen LogP contribution in [0.25, 0.3) is 0 Å². The summed E-state index contributed by atoms with van der Waals surface area (Å²) in [5.41, 5.74) is 0. The quantitative estimate of drug-likeness (QED) is 0.612. The van der Waals surface area contributed by atoms with E-state index in [9.17, 15) is 4.79 Å². The van der Waals surface area contributed by atoms with E-state index in [-0.39, 0.29) is 11.8 Å². The Bertz CT molecular complexity index is 209. The lowest BCUT2D eigenvalue weighted by molar-refractivity contribution is -0.132. The number of hydrogen-bond acceptors (Lipinski definition) is 1. The molecule has 0 N–H and O–H groups in total. The minimum atomic E-state index is 0.105. The van der Waals surface area contributed by atoms with Crippen LogP contribution in [0.1, 0.15) is 67.7 Å². The van der Waals surface area contributed by atoms with Gasteiger partial charge < -0.3 is 4.90 Å². The maximum atomic E-state index is 11.5. The Morgan fingerprint density at radius 3 is 1.79 bits per heavy atom. The molecule has 0 aliphatic heterocycles. The molecule has 0 rings (SSSR count). The van der Waals surface area contributed by atoms with Gasteiger partial charge in [0.1, 0.15) is 0 Å². The molecule has 0 aromatic heterocycles. The van der Waals surface area contributed by atoms with Crippen LogP contribution in [-0.4, -0.2) is 24.9 Å². The predicted octanol–water partition coefficient (Wildman–Crippen LogP) is 5.15. The molecular formula is C17H37NO. The molecular weight excluding hydrogens is 234 g/mol. The van der Waals surface area contributed by atoms with E-state index < -0.39 is 0 Å². The number of nitrogens with zero attached hydrogens (tertiary/aromatic N) is 1. The Labute approximate surface area is 122 Å². The smallest absolute Gasteiger partial charge is 0.225 e. The average Bonchev–Trinajstić information content (AvgIpc) is 2.46. The second-order valence-corrected chi connectivity index (χ2v) is 4.59. The monoisotopic (exact) mass is 271 g/mol. The molecule has 0 aromatic rings. The van der Waals surface area contributed by atoms with Gasteiger partial charge in [0.05, 0.1) is 0 Å². The highest BCUT2D eigenvalue weighted by Gasteiger charge is 2.12. The third-order valence-corrected chi connectivity index (χ3v) is 2.75. The minimum Gasteiger partial charge on any atom is -0.349 e. The maximum Gasteiger partial charge on any atom is 0.225 e. The summed E-state index contributed by atoms with van der Waals surface area (Å²) in [6, 6.07) is 0. The van der Waals surface area contributed by atoms with E-state index in [2.05, 4.69) is 26.0 Å². The normalized spacial score (nSPS) is 12.7. The molecule has 0 aromatic carbocycles. The zero-order chi connectivity index (χ0) is 15.8. The summed E-state index contributed by atoms with van der Waals surface area (Å²) < 4.78 is 0. The molecule has 2 atom stereocenters. The molecule has 1 amide bonds. The van der Waals surface area contributed by atoms with Crippen LogP contribution in [0, 0.1) is 11.8 Å². The first-order valence-corrected chi connectivity index (χ1v) is 7.85. The van der Waals surface area contributed by atoms with E-state index in [1.54, 1.807) is 4.90 Å². The van der Waals surface area contributed by atoms with Gasteiger partial charge in [-0.2, -0.15) is 0 Å². The van der Waals surface area contributed by atoms with E-state index in [1.807, 2.05) is 48.7 Å². The molecule has 0 saturated carbocycles. The molecule has 0 spiro atoms. The van der Waals surface area contributed by atoms with Crippen molar-refractivity contribution in [2.45, 2.75) is 67.7 Å². The molecule has 2 nitrogen and oxygen atoms in total. The summed E-state index contributed by atoms with van der Waals surface area (Å²) in [5, 5.41) is 0. The van der Waals surface area contributed by atoms with Gasteiger partial charge in [-0.15, -0.1) is 0 Å². The SMILES string of the molecule is CC.CC.CCC(C)C/C=C/CC(C)C(=O)N(C)C. The molecule has 2 unspecified atom stereocenters. The van der Waals surface area contributed by atoms with E-state index in [1.165, 1.54) is 6.42 Å². The number of carbonyl (C=O) groups excluding carboxylic acids is 1. The number of hydrogen-bond donors (Lipinski definition) is 0. The summed E-state index contributed by atoms with van der Waals surface area (Å²) >= 11 is 0. The van der Waals surface area contributed by atoms with Crippen LogP contribution in [-0.2, 0) is 4.79 Å². The van der Waals surface area contributed by atoms with Gasteiger partial charge in [0, 0.05) is 20.0 Å². The first kappa shape index (κ1) is 23.3. The summed E-state index contributed by atoms with van der Waals surface area (Å²) in [4.78, 5) is 13.2. The number of allylic oxidation sites excluding steroid dienone is 2. The number of amides is 1. The largest absolute Gasteiger partial charge is 0.349 e. The highest BCUT2D eigenvalue weighted by atomic mass is 16.2. The molecule has 0 saturated heterocycles. The topological polar surface area (TPSA) is 20.3 Å². The Morgan fingerprint density at radius 2 is 1.42 bits per heavy atom. The zero-order valence-electron chi connectivity index (χ0n) is 14.8. The van der Waals surface area contributed by atoms with E-state index >= 15 is 0 Å². The van der Waals surface area contributed by atoms with Gasteiger partial charge in [-0.25, -0.2) is 0 Å². The van der Waals surface area contributed by atoms with Crippen molar-refractivity contribution in [3.05, 3.63) is 12.2 Å². The fourth-order valence-corrected chi connectivity index (χ4v) is 1.34. The minimum absolute atomic E-state index is 0.105. The molecule has 0 fully saturated rings. The molecule has 0 radical (unpaired) electrons. The molecule has 2 heteroatoms. The Kier molecular flexibility index (Phi) is 21.1. The molecule has 19 heavy (non-hydrogen) atoms. The first-order chi connectivity index (χ1) is 8.99. The molecule has 0 bridgehead atoms. The Balaban J connectivity index is -0.000000579. The van der Waals surface area contributed by atoms with Crippen molar-refractivity contribution >= 4 is 5.91 Å². The third kappa shape index (κ3) is 15.2. The molecule has 0 heterocycles. The van der Waals surface area contributed by atoms with Crippen molar-refractivity contribution in [2.24, 2.45) is 11.8 Å². The van der Waals surface area contributed by atoms with Gasteiger partial charge in [0.25, 0.3) is 0 Å². The second kappa shape index (κ2) is 17.2. The van der Waals surface area contributed by atoms with E-state index in [0.29, 0.717) is 0 Å². The predicted molar refractivity (Wildman–Crippen MR) is 88.4 cm³/mol. The molecule has 0 aliphatic carbocycles. The highest BCUT2D eigenvalue weighted by molar-refractivity contribution is 5.78. The Hall–Kier alpha value is -0.790. The van der Waals surface area contributed by atoms with Crippen LogP contribution in [0.3, 0.4) is 0 Å². The summed E-state index contributed by atoms with van der Waals surface area (Å²) in [7, 11) is 3.61. The van der Waals surface area contributed by atoms with Crippen molar-refractivity contribution < 1.29 is 4.79 Å². The average molecular weight is 271 g/mol. The van der Waals surface area contributed by atoms with Gasteiger partial charge in [-0.3, -0.25) is 4.79 Å². The van der Waals surface area contributed by atoms with Crippen molar-refractivity contribution in [1.82, 2.24) is 4.90 Å². The van der Waals surface area contributed by atoms with Crippen molar-refractivity contribution in [3.8, 4) is 0 Å². The van der Waals surface area contributed by atoms with Crippen LogP contribution in [0.2, 0.25) is 0 Å². The fraction of sp³-hybridized carbons (Fsp3) is 0.824. The third-order valence-electron chi connectivity index (χ3n) is 2.75. The maximum absolute atomic E-state index is 11.5. The van der Waals surface area contributed by atoms with Gasteiger partial charge >= 0.3 is 0 Å². The van der Waals surface area contributed by atoms with Crippen molar-refractivity contribution in [2.75, 3.05) is 14.1 Å². The van der Waals surface area contributed by atoms with Gasteiger partial charge in [-0.05, 0) is 18.8 Å². The van der Waals surface area contributed by atoms with Gasteiger partial charge in [-0.1, -0.05) is 67.0 Å². The lowest BCUT2D eigenvalue weighted by atomic mass is 10.0. The van der Waals surface area contributed by atoms with Crippen LogP contribution < -0.4 is 0 Å². The first-order valence-electron chi connectivity index (χ1n) is 7.85. The lowest BCUT2D eigenvalue weighted by Gasteiger charge is -2.15. The lowest BCUT2D eigenvalue weighted by Crippen LogP contribution is -2.27. The van der Waals surface area contributed by atoms with Gasteiger partial charge in [0.2, 0.25) is 5.91 Å². The van der Waals surface area contributed by atoms with Crippen LogP contribution >= 0.6 is 0 Å². The van der Waals surface area contributed by atoms with E-state index in [4.69, 9.17) is 0 Å². The summed E-state index contributed by atoms with van der Waals surface area (Å²) in [6.07, 6.45) is 7.54. The van der Waals surface area contributed by atoms with Crippen LogP contribution in [0.15, 0.2) is 12.2 Å². The summed E-state index contributed by atoms with van der Waals surface area (Å²) in [6.45, 7) is 14.4. The van der Waals surface area contributed by atoms with Crippen molar-refractivity contribution in [3.63, 3.8) is 0 Å². The van der Waals surface area contributed by atoms with E-state index in [0.717, 1.165) is 18.8 Å². The Morgan fingerprint density at radius 1 is 1.00 bits per heavy atom. The molecule has 0 aliphatic rings. The highest BCUT2D eigenvalue weighted by Crippen LogP contribution is 2.10.